The molecule has 0 aromatic carbocycles. The Kier molecular flexibility index (Phi) is 2.98. The highest BCUT2D eigenvalue weighted by atomic mass is 32.1. The van der Waals surface area contributed by atoms with Crippen molar-refractivity contribution in [3.05, 3.63) is 11.2 Å². The minimum Gasteiger partial charge on any atom is -0.479 e. The molecule has 8 heteroatoms. The number of nitrogens with two attached hydrogens (primary N) is 1. The molecule has 1 amide bonds. The first-order valence-corrected chi connectivity index (χ1v) is 7.96. The number of carbonyl (C=O) groups is 1. The van der Waals surface area contributed by atoms with Crippen molar-refractivity contribution in [3.8, 4) is 5.88 Å². The van der Waals surface area contributed by atoms with Crippen LogP contribution in [0.15, 0.2) is 6.20 Å². The van der Waals surface area contributed by atoms with Crippen LogP contribution in [0.3, 0.4) is 0 Å². The summed E-state index contributed by atoms with van der Waals surface area (Å²) in [6, 6.07) is 0. The largest absolute Gasteiger partial charge is 0.479 e. The molecule has 2 saturated heterocycles. The molecule has 2 aromatic heterocycles. The maximum absolute atomic E-state index is 11.4. The zero-order chi connectivity index (χ0) is 15.3. The number of aromatic nitrogens is 2. The van der Waals surface area contributed by atoms with Gasteiger partial charge >= 0.3 is 0 Å². The van der Waals surface area contributed by atoms with E-state index in [9.17, 15) is 4.79 Å². The summed E-state index contributed by atoms with van der Waals surface area (Å²) in [5.41, 5.74) is 6.90. The number of hydrogen-bond donors (Lipinski definition) is 1. The molecule has 2 fully saturated rings. The highest BCUT2D eigenvalue weighted by molar-refractivity contribution is 7.21. The predicted molar refractivity (Wildman–Crippen MR) is 82.6 cm³/mol. The van der Waals surface area contributed by atoms with Gasteiger partial charge < -0.3 is 20.1 Å². The van der Waals surface area contributed by atoms with Gasteiger partial charge in [0, 0.05) is 19.7 Å². The van der Waals surface area contributed by atoms with Crippen molar-refractivity contribution in [2.24, 2.45) is 5.73 Å². The summed E-state index contributed by atoms with van der Waals surface area (Å²) in [7, 11) is 1.54. The Morgan fingerprint density at radius 3 is 3.00 bits per heavy atom. The van der Waals surface area contributed by atoms with Crippen LogP contribution in [0.25, 0.3) is 10.2 Å². The molecule has 2 N–H and O–H groups in total. The Morgan fingerprint density at radius 1 is 1.55 bits per heavy atom. The van der Waals surface area contributed by atoms with E-state index in [0.717, 1.165) is 42.9 Å². The minimum absolute atomic E-state index is 0.00343. The standard InChI is InChI=1S/C14H16N4O3S/c1-20-12-9-10(22-13(17-9)11(15)19)8(5-16-12)18-6-14(7-18)3-2-4-21-14/h5H,2-4,6-7H2,1H3,(H2,15,19). The second-order valence-electron chi connectivity index (χ2n) is 5.70. The third kappa shape index (κ3) is 1.94. The van der Waals surface area contributed by atoms with Crippen LogP contribution in [-0.4, -0.2) is 48.3 Å². The summed E-state index contributed by atoms with van der Waals surface area (Å²) in [6.07, 6.45) is 3.99. The molecule has 22 heavy (non-hydrogen) atoms. The van der Waals surface area contributed by atoms with Crippen LogP contribution in [0.4, 0.5) is 5.69 Å². The maximum Gasteiger partial charge on any atom is 0.277 e. The average Bonchev–Trinajstić information content (AvgIpc) is 3.11. The Labute approximate surface area is 131 Å². The number of rotatable bonds is 3. The lowest BCUT2D eigenvalue weighted by molar-refractivity contribution is -0.0179. The molecule has 2 aromatic rings. The van der Waals surface area contributed by atoms with E-state index >= 15 is 0 Å². The molecule has 2 aliphatic heterocycles. The van der Waals surface area contributed by atoms with Gasteiger partial charge in [-0.1, -0.05) is 0 Å². The monoisotopic (exact) mass is 320 g/mol. The molecule has 1 spiro atoms. The zero-order valence-corrected chi connectivity index (χ0v) is 13.0. The summed E-state index contributed by atoms with van der Waals surface area (Å²) in [4.78, 5) is 22.2. The Balaban J connectivity index is 1.73. The van der Waals surface area contributed by atoms with E-state index in [1.165, 1.54) is 18.4 Å². The third-order valence-corrected chi connectivity index (χ3v) is 5.35. The first-order chi connectivity index (χ1) is 10.6. The van der Waals surface area contributed by atoms with Gasteiger partial charge in [0.25, 0.3) is 5.91 Å². The molecule has 0 unspecified atom stereocenters. The minimum atomic E-state index is -0.534. The molecule has 4 rings (SSSR count). The van der Waals surface area contributed by atoms with E-state index in [1.807, 2.05) is 0 Å². The van der Waals surface area contributed by atoms with Crippen LogP contribution in [0.2, 0.25) is 0 Å². The number of pyridine rings is 1. The van der Waals surface area contributed by atoms with Gasteiger partial charge in [-0.25, -0.2) is 9.97 Å². The van der Waals surface area contributed by atoms with E-state index in [0.29, 0.717) is 11.4 Å². The molecule has 116 valence electrons. The summed E-state index contributed by atoms with van der Waals surface area (Å²) in [5.74, 6) is -0.122. The lowest BCUT2D eigenvalue weighted by Gasteiger charge is -2.48. The molecular weight excluding hydrogens is 304 g/mol. The quantitative estimate of drug-likeness (QED) is 0.913. The first kappa shape index (κ1) is 13.7. The van der Waals surface area contributed by atoms with Crippen molar-refractivity contribution in [2.45, 2.75) is 18.4 Å². The zero-order valence-electron chi connectivity index (χ0n) is 12.2. The molecule has 0 aliphatic carbocycles. The fourth-order valence-electron chi connectivity index (χ4n) is 3.18. The molecule has 0 saturated carbocycles. The van der Waals surface area contributed by atoms with Crippen LogP contribution in [0.1, 0.15) is 22.6 Å². The van der Waals surface area contributed by atoms with E-state index in [4.69, 9.17) is 15.2 Å². The van der Waals surface area contributed by atoms with Crippen LogP contribution in [-0.2, 0) is 4.74 Å². The van der Waals surface area contributed by atoms with E-state index in [2.05, 4.69) is 14.9 Å². The number of fused-ring (bicyclic) bond motifs is 1. The second kappa shape index (κ2) is 4.79. The van der Waals surface area contributed by atoms with Crippen molar-refractivity contribution in [1.29, 1.82) is 0 Å². The van der Waals surface area contributed by atoms with Crippen LogP contribution >= 0.6 is 11.3 Å². The van der Waals surface area contributed by atoms with Crippen molar-refractivity contribution in [2.75, 3.05) is 31.7 Å². The van der Waals surface area contributed by atoms with E-state index in [1.54, 1.807) is 6.20 Å². The average molecular weight is 320 g/mol. The summed E-state index contributed by atoms with van der Waals surface area (Å²) < 4.78 is 12.0. The number of ether oxygens (including phenoxy) is 2. The Hall–Kier alpha value is -1.93. The third-order valence-electron chi connectivity index (χ3n) is 4.25. The topological polar surface area (TPSA) is 90.6 Å². The number of carbonyl (C=O) groups excluding carboxylic acids is 1. The molecular formula is C14H16N4O3S. The molecule has 0 bridgehead atoms. The van der Waals surface area contributed by atoms with Crippen molar-refractivity contribution in [3.63, 3.8) is 0 Å². The van der Waals surface area contributed by atoms with Crippen molar-refractivity contribution in [1.82, 2.24) is 9.97 Å². The highest BCUT2D eigenvalue weighted by Crippen LogP contribution is 2.42. The number of primary amides is 1. The maximum atomic E-state index is 11.4. The van der Waals surface area contributed by atoms with Crippen LogP contribution in [0.5, 0.6) is 5.88 Å². The van der Waals surface area contributed by atoms with Gasteiger partial charge in [0.15, 0.2) is 5.01 Å². The SMILES string of the molecule is COc1ncc(N2CC3(CCCO3)C2)c2sc(C(N)=O)nc12. The van der Waals surface area contributed by atoms with Gasteiger partial charge in [0.05, 0.1) is 23.7 Å². The Bertz CT molecular complexity index is 746. The fraction of sp³-hybridized carbons (Fsp3) is 0.500. The number of nitrogens with zero attached hydrogens (tertiary/aromatic N) is 3. The molecule has 0 radical (unpaired) electrons. The first-order valence-electron chi connectivity index (χ1n) is 7.14. The predicted octanol–water partition coefficient (Wildman–Crippen LogP) is 1.17. The lowest BCUT2D eigenvalue weighted by atomic mass is 9.90. The van der Waals surface area contributed by atoms with Gasteiger partial charge in [-0.3, -0.25) is 4.79 Å². The summed E-state index contributed by atoms with van der Waals surface area (Å²) >= 11 is 1.28. The molecule has 4 heterocycles. The highest BCUT2D eigenvalue weighted by Gasteiger charge is 2.47. The van der Waals surface area contributed by atoms with Crippen LogP contribution in [0, 0.1) is 0 Å². The van der Waals surface area contributed by atoms with Gasteiger partial charge in [0.2, 0.25) is 5.88 Å². The van der Waals surface area contributed by atoms with Gasteiger partial charge in [-0.05, 0) is 12.8 Å². The number of thiazole rings is 1. The molecule has 0 atom stereocenters. The number of amides is 1. The Morgan fingerprint density at radius 2 is 2.36 bits per heavy atom. The molecule has 7 nitrogen and oxygen atoms in total. The number of methoxy groups -OCH3 is 1. The molecule has 2 aliphatic rings. The number of hydrogen-bond acceptors (Lipinski definition) is 7. The summed E-state index contributed by atoms with van der Waals surface area (Å²) in [6.45, 7) is 2.54. The number of anilines is 1. The van der Waals surface area contributed by atoms with Gasteiger partial charge in [-0.15, -0.1) is 11.3 Å². The van der Waals surface area contributed by atoms with Crippen molar-refractivity contribution >= 4 is 33.1 Å². The fourth-order valence-corrected chi connectivity index (χ4v) is 4.13. The lowest BCUT2D eigenvalue weighted by Crippen LogP contribution is -2.61. The normalized spacial score (nSPS) is 19.6. The van der Waals surface area contributed by atoms with Crippen LogP contribution < -0.4 is 15.4 Å². The van der Waals surface area contributed by atoms with E-state index < -0.39 is 5.91 Å². The van der Waals surface area contributed by atoms with Gasteiger partial charge in [-0.2, -0.15) is 0 Å². The van der Waals surface area contributed by atoms with Gasteiger partial charge in [0.1, 0.15) is 11.1 Å². The van der Waals surface area contributed by atoms with E-state index in [-0.39, 0.29) is 10.6 Å². The second-order valence-corrected chi connectivity index (χ2v) is 6.70. The summed E-state index contributed by atoms with van der Waals surface area (Å²) in [5, 5.41) is 0.273. The van der Waals surface area contributed by atoms with Crippen molar-refractivity contribution < 1.29 is 14.3 Å². The smallest absolute Gasteiger partial charge is 0.277 e.